The van der Waals surface area contributed by atoms with Crippen LogP contribution in [-0.4, -0.2) is 53.7 Å². The predicted molar refractivity (Wildman–Crippen MR) is 75.8 cm³/mol. The lowest BCUT2D eigenvalue weighted by molar-refractivity contribution is -0.149. The van der Waals surface area contributed by atoms with Gasteiger partial charge in [-0.3, -0.25) is 4.79 Å². The zero-order valence-corrected chi connectivity index (χ0v) is 12.6. The highest BCUT2D eigenvalue weighted by atomic mass is 16.5. The van der Waals surface area contributed by atoms with Crippen molar-refractivity contribution < 1.29 is 24.2 Å². The van der Waals surface area contributed by atoms with Crippen molar-refractivity contribution in [3.63, 3.8) is 0 Å². The number of carboxylic acid groups (broad SMARTS) is 1. The molecule has 0 aromatic rings. The fourth-order valence-electron chi connectivity index (χ4n) is 2.40. The molecule has 1 aliphatic rings. The van der Waals surface area contributed by atoms with Gasteiger partial charge in [-0.2, -0.15) is 0 Å². The maximum atomic E-state index is 12.1. The van der Waals surface area contributed by atoms with Crippen molar-refractivity contribution in [3.05, 3.63) is 0 Å². The smallest absolute Gasteiger partial charge is 0.326 e. The van der Waals surface area contributed by atoms with Crippen LogP contribution in [0, 0.1) is 5.92 Å². The first-order valence-electron chi connectivity index (χ1n) is 7.44. The molecule has 0 aromatic heterocycles. The molecule has 0 aliphatic carbocycles. The van der Waals surface area contributed by atoms with Gasteiger partial charge in [0.2, 0.25) is 0 Å². The average Bonchev–Trinajstić information content (AvgIpc) is 2.47. The van der Waals surface area contributed by atoms with Gasteiger partial charge in [0.1, 0.15) is 6.04 Å². The number of urea groups is 1. The second-order valence-corrected chi connectivity index (χ2v) is 5.17. The van der Waals surface area contributed by atoms with E-state index in [9.17, 15) is 14.4 Å². The van der Waals surface area contributed by atoms with Gasteiger partial charge in [0.25, 0.3) is 0 Å². The van der Waals surface area contributed by atoms with E-state index < -0.39 is 18.0 Å². The molecule has 1 aliphatic heterocycles. The van der Waals surface area contributed by atoms with Crippen molar-refractivity contribution in [2.75, 3.05) is 19.7 Å². The van der Waals surface area contributed by atoms with E-state index in [1.165, 1.54) is 4.90 Å². The molecular weight excluding hydrogens is 276 g/mol. The second-order valence-electron chi connectivity index (χ2n) is 5.17. The normalized spacial score (nSPS) is 19.7. The van der Waals surface area contributed by atoms with E-state index in [0.29, 0.717) is 38.8 Å². The van der Waals surface area contributed by atoms with Crippen LogP contribution in [0.1, 0.15) is 39.5 Å². The third-order valence-electron chi connectivity index (χ3n) is 3.50. The van der Waals surface area contributed by atoms with E-state index in [-0.39, 0.29) is 18.4 Å². The van der Waals surface area contributed by atoms with Gasteiger partial charge in [-0.15, -0.1) is 0 Å². The first-order valence-corrected chi connectivity index (χ1v) is 7.44. The molecule has 2 atom stereocenters. The Bertz CT molecular complexity index is 386. The van der Waals surface area contributed by atoms with Gasteiger partial charge in [-0.05, 0) is 26.2 Å². The van der Waals surface area contributed by atoms with Crippen molar-refractivity contribution in [2.24, 2.45) is 5.92 Å². The number of rotatable bonds is 6. The number of hydrogen-bond acceptors (Lipinski definition) is 4. The molecule has 120 valence electrons. The number of nitrogens with zero attached hydrogens (tertiary/aromatic N) is 1. The van der Waals surface area contributed by atoms with Crippen LogP contribution in [0.4, 0.5) is 4.79 Å². The molecule has 1 heterocycles. The van der Waals surface area contributed by atoms with E-state index >= 15 is 0 Å². The molecule has 1 saturated heterocycles. The van der Waals surface area contributed by atoms with Crippen molar-refractivity contribution in [1.82, 2.24) is 10.2 Å². The molecule has 0 spiro atoms. The molecule has 0 bridgehead atoms. The van der Waals surface area contributed by atoms with Gasteiger partial charge in [-0.1, -0.05) is 13.3 Å². The number of amides is 2. The minimum atomic E-state index is -1.04. The Hall–Kier alpha value is -1.79. The Morgan fingerprint density at radius 2 is 2.10 bits per heavy atom. The van der Waals surface area contributed by atoms with Gasteiger partial charge in [0, 0.05) is 13.1 Å². The lowest BCUT2D eigenvalue weighted by Gasteiger charge is -2.32. The quantitative estimate of drug-likeness (QED) is 0.719. The maximum Gasteiger partial charge on any atom is 0.326 e. The number of piperidine rings is 1. The zero-order chi connectivity index (χ0) is 15.8. The summed E-state index contributed by atoms with van der Waals surface area (Å²) >= 11 is 0. The van der Waals surface area contributed by atoms with Crippen molar-refractivity contribution in [2.45, 2.75) is 45.6 Å². The molecule has 1 fully saturated rings. The molecule has 7 nitrogen and oxygen atoms in total. The summed E-state index contributed by atoms with van der Waals surface area (Å²) in [6.45, 7) is 4.73. The highest BCUT2D eigenvalue weighted by molar-refractivity contribution is 5.83. The molecule has 2 N–H and O–H groups in total. The number of carbonyl (C=O) groups is 3. The van der Waals surface area contributed by atoms with Crippen LogP contribution in [-0.2, 0) is 14.3 Å². The predicted octanol–water partition coefficient (Wildman–Crippen LogP) is 1.22. The summed E-state index contributed by atoms with van der Waals surface area (Å²) in [6, 6.07) is -1.31. The van der Waals surface area contributed by atoms with E-state index in [0.717, 1.165) is 0 Å². The molecule has 2 unspecified atom stereocenters. The standard InChI is InChI=1S/C14H24N2O5/c1-3-6-11(12(17)18)15-14(20)16-8-5-7-10(9-16)13(19)21-4-2/h10-11H,3-9H2,1-2H3,(H,15,20)(H,17,18). The van der Waals surface area contributed by atoms with Gasteiger partial charge in [0.15, 0.2) is 0 Å². The Labute approximate surface area is 124 Å². The molecule has 7 heteroatoms. The van der Waals surface area contributed by atoms with Crippen LogP contribution in [0.5, 0.6) is 0 Å². The summed E-state index contributed by atoms with van der Waals surface area (Å²) in [5.41, 5.74) is 0. The summed E-state index contributed by atoms with van der Waals surface area (Å²) in [6.07, 6.45) is 2.46. The van der Waals surface area contributed by atoms with Gasteiger partial charge in [-0.25, -0.2) is 9.59 Å². The lowest BCUT2D eigenvalue weighted by atomic mass is 9.98. The number of carboxylic acids is 1. The molecule has 0 radical (unpaired) electrons. The molecule has 0 saturated carbocycles. The van der Waals surface area contributed by atoms with Crippen molar-refractivity contribution in [1.29, 1.82) is 0 Å². The molecule has 1 rings (SSSR count). The van der Waals surface area contributed by atoms with Crippen LogP contribution >= 0.6 is 0 Å². The van der Waals surface area contributed by atoms with Gasteiger partial charge in [0.05, 0.1) is 12.5 Å². The third kappa shape index (κ3) is 5.24. The summed E-state index contributed by atoms with van der Waals surface area (Å²) in [5.74, 6) is -1.65. The minimum Gasteiger partial charge on any atom is -0.480 e. The second kappa shape index (κ2) is 8.49. The van der Waals surface area contributed by atoms with Crippen LogP contribution < -0.4 is 5.32 Å². The number of likely N-dealkylation sites (tertiary alicyclic amines) is 1. The topological polar surface area (TPSA) is 95.9 Å². The fraction of sp³-hybridized carbons (Fsp3) is 0.786. The largest absolute Gasteiger partial charge is 0.480 e. The summed E-state index contributed by atoms with van der Waals surface area (Å²) < 4.78 is 4.98. The Morgan fingerprint density at radius 3 is 2.67 bits per heavy atom. The van der Waals surface area contributed by atoms with Gasteiger partial charge < -0.3 is 20.1 Å². The first-order chi connectivity index (χ1) is 9.99. The number of carbonyl (C=O) groups excluding carboxylic acids is 2. The Balaban J connectivity index is 2.56. The summed E-state index contributed by atoms with van der Waals surface area (Å²) in [4.78, 5) is 36.4. The number of nitrogens with one attached hydrogen (secondary N) is 1. The number of aliphatic carboxylic acids is 1. The monoisotopic (exact) mass is 300 g/mol. The zero-order valence-electron chi connectivity index (χ0n) is 12.6. The summed E-state index contributed by atoms with van der Waals surface area (Å²) in [7, 11) is 0. The van der Waals surface area contributed by atoms with E-state index in [1.54, 1.807) is 6.92 Å². The molecule has 0 aromatic carbocycles. The van der Waals surface area contributed by atoms with Gasteiger partial charge >= 0.3 is 18.0 Å². The number of ether oxygens (including phenoxy) is 1. The average molecular weight is 300 g/mol. The van der Waals surface area contributed by atoms with Crippen LogP contribution in [0.2, 0.25) is 0 Å². The highest BCUT2D eigenvalue weighted by Crippen LogP contribution is 2.18. The number of hydrogen-bond donors (Lipinski definition) is 2. The van der Waals surface area contributed by atoms with Crippen molar-refractivity contribution in [3.8, 4) is 0 Å². The first kappa shape index (κ1) is 17.3. The fourth-order valence-corrected chi connectivity index (χ4v) is 2.40. The Morgan fingerprint density at radius 1 is 1.38 bits per heavy atom. The summed E-state index contributed by atoms with van der Waals surface area (Å²) in [5, 5.41) is 11.6. The van der Waals surface area contributed by atoms with E-state index in [1.807, 2.05) is 6.92 Å². The van der Waals surface area contributed by atoms with Crippen LogP contribution in [0.3, 0.4) is 0 Å². The molecule has 21 heavy (non-hydrogen) atoms. The SMILES string of the molecule is CCCC(NC(=O)N1CCCC(C(=O)OCC)C1)C(=O)O. The highest BCUT2D eigenvalue weighted by Gasteiger charge is 2.30. The molecule has 2 amide bonds. The number of esters is 1. The van der Waals surface area contributed by atoms with E-state index in [2.05, 4.69) is 5.32 Å². The molecular formula is C14H24N2O5. The van der Waals surface area contributed by atoms with Crippen LogP contribution in [0.25, 0.3) is 0 Å². The van der Waals surface area contributed by atoms with Crippen molar-refractivity contribution >= 4 is 18.0 Å². The Kier molecular flexibility index (Phi) is 6.98. The third-order valence-corrected chi connectivity index (χ3v) is 3.50. The maximum absolute atomic E-state index is 12.1. The van der Waals surface area contributed by atoms with E-state index in [4.69, 9.17) is 9.84 Å². The lowest BCUT2D eigenvalue weighted by Crippen LogP contribution is -2.51. The minimum absolute atomic E-state index is 0.281. The van der Waals surface area contributed by atoms with Crippen LogP contribution in [0.15, 0.2) is 0 Å².